The SMILES string of the molecule is O=S(=O)([O-])c1ccc(N/N=C/c2ccccc2O)cc1. The van der Waals surface area contributed by atoms with Crippen LogP contribution in [0.25, 0.3) is 0 Å². The molecule has 0 fully saturated rings. The Morgan fingerprint density at radius 3 is 2.35 bits per heavy atom. The van der Waals surface area contributed by atoms with E-state index in [0.29, 0.717) is 11.3 Å². The number of hydrogen-bond acceptors (Lipinski definition) is 6. The normalized spacial score (nSPS) is 11.7. The van der Waals surface area contributed by atoms with E-state index in [1.54, 1.807) is 18.2 Å². The molecule has 0 amide bonds. The predicted octanol–water partition coefficient (Wildman–Crippen LogP) is 1.74. The molecule has 0 spiro atoms. The molecule has 0 bridgehead atoms. The van der Waals surface area contributed by atoms with Crippen LogP contribution in [-0.4, -0.2) is 24.3 Å². The molecular formula is C13H11N2O4S-. The van der Waals surface area contributed by atoms with Gasteiger partial charge in [-0.3, -0.25) is 5.43 Å². The van der Waals surface area contributed by atoms with Crippen LogP contribution in [0.2, 0.25) is 0 Å². The number of phenolic OH excluding ortho intramolecular Hbond substituents is 1. The van der Waals surface area contributed by atoms with Gasteiger partial charge in [0.15, 0.2) is 0 Å². The van der Waals surface area contributed by atoms with Crippen molar-refractivity contribution in [1.29, 1.82) is 0 Å². The molecule has 0 aliphatic carbocycles. The Labute approximate surface area is 116 Å². The smallest absolute Gasteiger partial charge is 0.124 e. The molecule has 0 aromatic heterocycles. The zero-order valence-corrected chi connectivity index (χ0v) is 11.0. The molecule has 7 heteroatoms. The van der Waals surface area contributed by atoms with Crippen molar-refractivity contribution in [3.05, 3.63) is 54.1 Å². The van der Waals surface area contributed by atoms with Crippen molar-refractivity contribution in [3.63, 3.8) is 0 Å². The van der Waals surface area contributed by atoms with Crippen molar-refractivity contribution >= 4 is 22.0 Å². The summed E-state index contributed by atoms with van der Waals surface area (Å²) < 4.78 is 32.2. The van der Waals surface area contributed by atoms with E-state index in [1.165, 1.54) is 36.5 Å². The van der Waals surface area contributed by atoms with E-state index in [9.17, 15) is 18.1 Å². The van der Waals surface area contributed by atoms with Gasteiger partial charge in [0.2, 0.25) is 0 Å². The van der Waals surface area contributed by atoms with Gasteiger partial charge in [-0.25, -0.2) is 8.42 Å². The lowest BCUT2D eigenvalue weighted by molar-refractivity contribution is 0.463. The van der Waals surface area contributed by atoms with Crippen molar-refractivity contribution in [1.82, 2.24) is 0 Å². The van der Waals surface area contributed by atoms with Gasteiger partial charge in [0.1, 0.15) is 15.9 Å². The molecule has 2 N–H and O–H groups in total. The molecule has 104 valence electrons. The molecule has 2 aromatic rings. The van der Waals surface area contributed by atoms with Crippen LogP contribution >= 0.6 is 0 Å². The van der Waals surface area contributed by atoms with Gasteiger partial charge < -0.3 is 9.66 Å². The van der Waals surface area contributed by atoms with E-state index in [0.717, 1.165) is 0 Å². The lowest BCUT2D eigenvalue weighted by Gasteiger charge is -2.07. The number of rotatable bonds is 4. The molecule has 0 saturated heterocycles. The number of benzene rings is 2. The number of aromatic hydroxyl groups is 1. The Morgan fingerprint density at radius 2 is 1.75 bits per heavy atom. The number of nitrogens with one attached hydrogen (secondary N) is 1. The molecule has 2 rings (SSSR count). The summed E-state index contributed by atoms with van der Waals surface area (Å²) in [6, 6.07) is 11.9. The molecule has 0 atom stereocenters. The summed E-state index contributed by atoms with van der Waals surface area (Å²) >= 11 is 0. The lowest BCUT2D eigenvalue weighted by atomic mass is 10.2. The van der Waals surface area contributed by atoms with E-state index < -0.39 is 10.1 Å². The van der Waals surface area contributed by atoms with Crippen LogP contribution in [0.4, 0.5) is 5.69 Å². The Balaban J connectivity index is 2.07. The fraction of sp³-hybridized carbons (Fsp3) is 0. The topological polar surface area (TPSA) is 102 Å². The van der Waals surface area contributed by atoms with Gasteiger partial charge in [0, 0.05) is 5.56 Å². The predicted molar refractivity (Wildman–Crippen MR) is 73.7 cm³/mol. The number of anilines is 1. The maximum Gasteiger partial charge on any atom is 0.124 e. The van der Waals surface area contributed by atoms with Crippen LogP contribution in [0.5, 0.6) is 5.75 Å². The first-order chi connectivity index (χ1) is 9.47. The Kier molecular flexibility index (Phi) is 4.02. The molecule has 6 nitrogen and oxygen atoms in total. The van der Waals surface area contributed by atoms with Crippen LogP contribution in [0.1, 0.15) is 5.56 Å². The summed E-state index contributed by atoms with van der Waals surface area (Å²) in [5, 5.41) is 13.4. The van der Waals surface area contributed by atoms with Crippen LogP contribution in [0, 0.1) is 0 Å². The summed E-state index contributed by atoms with van der Waals surface area (Å²) in [6.45, 7) is 0. The highest BCUT2D eigenvalue weighted by atomic mass is 32.2. The molecular weight excluding hydrogens is 280 g/mol. The molecule has 0 saturated carbocycles. The molecule has 0 aliphatic heterocycles. The third kappa shape index (κ3) is 3.56. The molecule has 0 radical (unpaired) electrons. The number of hydrazone groups is 1. The van der Waals surface area contributed by atoms with Crippen LogP contribution in [0.15, 0.2) is 58.5 Å². The number of hydrogen-bond donors (Lipinski definition) is 2. The minimum atomic E-state index is -4.44. The second-order valence-corrected chi connectivity index (χ2v) is 5.29. The lowest BCUT2D eigenvalue weighted by Crippen LogP contribution is -1.98. The first kappa shape index (κ1) is 14.0. The first-order valence-corrected chi connectivity index (χ1v) is 7.01. The minimum Gasteiger partial charge on any atom is -0.744 e. The van der Waals surface area contributed by atoms with Gasteiger partial charge in [0.25, 0.3) is 0 Å². The first-order valence-electron chi connectivity index (χ1n) is 5.60. The van der Waals surface area contributed by atoms with E-state index >= 15 is 0 Å². The third-order valence-electron chi connectivity index (χ3n) is 2.48. The zero-order chi connectivity index (χ0) is 14.6. The molecule has 0 aliphatic rings. The minimum absolute atomic E-state index is 0.103. The standard InChI is InChI=1S/C13H12N2O4S/c16-13-4-2-1-3-10(13)9-14-15-11-5-7-12(8-6-11)20(17,18)19/h1-9,15-16H,(H,17,18,19)/p-1/b14-9+. The van der Waals surface area contributed by atoms with E-state index in [1.807, 2.05) is 0 Å². The van der Waals surface area contributed by atoms with Gasteiger partial charge in [-0.05, 0) is 36.4 Å². The Morgan fingerprint density at radius 1 is 1.10 bits per heavy atom. The molecule has 0 unspecified atom stereocenters. The average molecular weight is 291 g/mol. The zero-order valence-electron chi connectivity index (χ0n) is 10.2. The molecule has 2 aromatic carbocycles. The summed E-state index contributed by atoms with van der Waals surface area (Å²) in [7, 11) is -4.44. The summed E-state index contributed by atoms with van der Waals surface area (Å²) in [5.41, 5.74) is 3.72. The second kappa shape index (κ2) is 5.72. The van der Waals surface area contributed by atoms with Crippen molar-refractivity contribution in [3.8, 4) is 5.75 Å². The van der Waals surface area contributed by atoms with Gasteiger partial charge in [-0.15, -0.1) is 0 Å². The van der Waals surface area contributed by atoms with Gasteiger partial charge >= 0.3 is 0 Å². The van der Waals surface area contributed by atoms with Crippen molar-refractivity contribution in [2.75, 3.05) is 5.43 Å². The fourth-order valence-electron chi connectivity index (χ4n) is 1.47. The number of nitrogens with zero attached hydrogens (tertiary/aromatic N) is 1. The van der Waals surface area contributed by atoms with Gasteiger partial charge in [-0.2, -0.15) is 5.10 Å². The van der Waals surface area contributed by atoms with Crippen LogP contribution in [0.3, 0.4) is 0 Å². The monoisotopic (exact) mass is 291 g/mol. The maximum atomic E-state index is 10.7. The highest BCUT2D eigenvalue weighted by Crippen LogP contribution is 2.15. The van der Waals surface area contributed by atoms with Crippen molar-refractivity contribution < 1.29 is 18.1 Å². The average Bonchev–Trinajstić information content (AvgIpc) is 2.40. The van der Waals surface area contributed by atoms with Crippen molar-refractivity contribution in [2.24, 2.45) is 5.10 Å². The van der Waals surface area contributed by atoms with Gasteiger partial charge in [0.05, 0.1) is 16.8 Å². The largest absolute Gasteiger partial charge is 0.744 e. The van der Waals surface area contributed by atoms with E-state index in [2.05, 4.69) is 10.5 Å². The van der Waals surface area contributed by atoms with Crippen LogP contribution < -0.4 is 5.43 Å². The third-order valence-corrected chi connectivity index (χ3v) is 3.33. The summed E-state index contributed by atoms with van der Waals surface area (Å²) in [4.78, 5) is -0.298. The number of para-hydroxylation sites is 1. The van der Waals surface area contributed by atoms with Crippen molar-refractivity contribution in [2.45, 2.75) is 4.90 Å². The highest BCUT2D eigenvalue weighted by molar-refractivity contribution is 7.85. The van der Waals surface area contributed by atoms with Gasteiger partial charge in [-0.1, -0.05) is 12.1 Å². The fourth-order valence-corrected chi connectivity index (χ4v) is 1.94. The number of phenols is 1. The second-order valence-electron chi connectivity index (χ2n) is 3.91. The van der Waals surface area contributed by atoms with E-state index in [-0.39, 0.29) is 10.6 Å². The highest BCUT2D eigenvalue weighted by Gasteiger charge is 2.00. The molecule has 20 heavy (non-hydrogen) atoms. The Bertz CT molecular complexity index is 724. The molecule has 0 heterocycles. The summed E-state index contributed by atoms with van der Waals surface area (Å²) in [5.74, 6) is 0.103. The quantitative estimate of drug-likeness (QED) is 0.507. The summed E-state index contributed by atoms with van der Waals surface area (Å²) in [6.07, 6.45) is 1.42. The van der Waals surface area contributed by atoms with E-state index in [4.69, 9.17) is 0 Å². The van der Waals surface area contributed by atoms with Crippen LogP contribution in [-0.2, 0) is 10.1 Å². The Hall–Kier alpha value is -2.38. The maximum absolute atomic E-state index is 10.7.